The number of benzene rings is 5. The number of para-hydroxylation sites is 2. The Kier molecular flexibility index (Phi) is 18.3. The third-order valence-corrected chi connectivity index (χ3v) is 15.7. The fraction of sp³-hybridized carbons (Fsp3) is 0.377. The van der Waals surface area contributed by atoms with Crippen LogP contribution in [0.4, 0.5) is 28.4 Å². The third kappa shape index (κ3) is 13.0. The smallest absolute Gasteiger partial charge is 0.342 e. The van der Waals surface area contributed by atoms with Crippen LogP contribution in [0, 0.1) is 6.92 Å². The number of aliphatic imine (C=N–C) groups is 1. The van der Waals surface area contributed by atoms with Crippen LogP contribution in [-0.2, 0) is 69.1 Å². The summed E-state index contributed by atoms with van der Waals surface area (Å²) >= 11 is 1.19. The fourth-order valence-electron chi connectivity index (χ4n) is 10.7. The first-order chi connectivity index (χ1) is 39.9. The summed E-state index contributed by atoms with van der Waals surface area (Å²) in [6.07, 6.45) is 3.48. The molecule has 0 radical (unpaired) electrons. The van der Waals surface area contributed by atoms with Gasteiger partial charge in [-0.3, -0.25) is 38.7 Å². The first-order valence-electron chi connectivity index (χ1n) is 27.3. The normalized spacial score (nSPS) is 16.5. The van der Waals surface area contributed by atoms with Crippen molar-refractivity contribution in [2.75, 3.05) is 91.9 Å². The first kappa shape index (κ1) is 57.1. The third-order valence-electron chi connectivity index (χ3n) is 14.7. The van der Waals surface area contributed by atoms with Crippen molar-refractivity contribution in [3.8, 4) is 17.2 Å². The topological polar surface area (TPSA) is 221 Å². The van der Waals surface area contributed by atoms with E-state index in [2.05, 4.69) is 11.4 Å². The highest BCUT2D eigenvalue weighted by Crippen LogP contribution is 2.42. The van der Waals surface area contributed by atoms with Crippen LogP contribution < -0.4 is 34.2 Å². The Morgan fingerprint density at radius 3 is 2.12 bits per heavy atom. The molecule has 5 heterocycles. The quantitative estimate of drug-likeness (QED) is 0.0417. The molecule has 0 spiro atoms. The number of carbonyl (C=O) groups is 7. The second-order valence-electron chi connectivity index (χ2n) is 20.4. The van der Waals surface area contributed by atoms with Crippen LogP contribution in [0.1, 0.15) is 80.6 Å². The number of nitrogens with zero attached hydrogens (tertiary/aromatic N) is 5. The van der Waals surface area contributed by atoms with E-state index in [1.807, 2.05) is 72.5 Å². The number of ketones is 1. The zero-order valence-electron chi connectivity index (χ0n) is 46.0. The Morgan fingerprint density at radius 1 is 0.720 bits per heavy atom. The summed E-state index contributed by atoms with van der Waals surface area (Å²) in [6.45, 7) is 3.49. The van der Waals surface area contributed by atoms with Crippen LogP contribution in [0.2, 0.25) is 0 Å². The number of hydroxylamine groups is 2. The van der Waals surface area contributed by atoms with Crippen molar-refractivity contribution in [3.05, 3.63) is 130 Å². The number of hydrogen-bond donors (Lipinski definition) is 1. The van der Waals surface area contributed by atoms with Crippen molar-refractivity contribution in [2.24, 2.45) is 4.99 Å². The number of Topliss-reactive ketones (excluding diaryl/α,β-unsaturated/α-hetero) is 1. The van der Waals surface area contributed by atoms with E-state index < -0.39 is 17.8 Å². The zero-order valence-corrected chi connectivity index (χ0v) is 46.8. The number of nitrogens with one attached hydrogen (secondary N) is 1. The van der Waals surface area contributed by atoms with E-state index in [1.54, 1.807) is 42.5 Å². The molecule has 1 fully saturated rings. The maximum atomic E-state index is 14.4. The molecule has 0 unspecified atom stereocenters. The number of hydrogen-bond acceptors (Lipinski definition) is 17. The van der Waals surface area contributed by atoms with Crippen molar-refractivity contribution in [1.29, 1.82) is 0 Å². The molecule has 1 saturated heterocycles. The summed E-state index contributed by atoms with van der Waals surface area (Å²) in [5.74, 6) is -1.44. The molecule has 20 nitrogen and oxygen atoms in total. The summed E-state index contributed by atoms with van der Waals surface area (Å²) < 4.78 is 35.3. The molecular formula is C61H64N6O14S. The van der Waals surface area contributed by atoms with Crippen molar-refractivity contribution in [1.82, 2.24) is 5.06 Å². The minimum absolute atomic E-state index is 0.0121. The maximum absolute atomic E-state index is 14.4. The molecule has 2 atom stereocenters. The minimum Gasteiger partial charge on any atom is -0.493 e. The van der Waals surface area contributed by atoms with Gasteiger partial charge in [0, 0.05) is 74.7 Å². The Hall–Kier alpha value is -8.11. The van der Waals surface area contributed by atoms with Gasteiger partial charge in [0.25, 0.3) is 23.6 Å². The van der Waals surface area contributed by atoms with Crippen LogP contribution in [0.3, 0.4) is 0 Å². The van der Waals surface area contributed by atoms with Gasteiger partial charge in [-0.15, -0.1) is 5.06 Å². The lowest BCUT2D eigenvalue weighted by Crippen LogP contribution is -2.39. The minimum atomic E-state index is -0.754. The average molecular weight is 1140 g/mol. The number of methoxy groups -OCH3 is 2. The molecule has 21 heteroatoms. The molecule has 5 aliphatic heterocycles. The monoisotopic (exact) mass is 1140 g/mol. The van der Waals surface area contributed by atoms with E-state index in [4.69, 9.17) is 38.3 Å². The molecule has 0 aromatic heterocycles. The summed E-state index contributed by atoms with van der Waals surface area (Å²) in [6, 6.07) is 27.9. The summed E-state index contributed by atoms with van der Waals surface area (Å²) in [7, 11) is 3.08. The molecule has 10 rings (SSSR count). The lowest BCUT2D eigenvalue weighted by molar-refractivity contribution is -0.195. The number of thioether (sulfide) groups is 1. The van der Waals surface area contributed by atoms with Crippen LogP contribution in [0.15, 0.2) is 96.0 Å². The van der Waals surface area contributed by atoms with Crippen molar-refractivity contribution in [3.63, 3.8) is 0 Å². The predicted octanol–water partition coefficient (Wildman–Crippen LogP) is 7.54. The van der Waals surface area contributed by atoms with Gasteiger partial charge < -0.3 is 48.4 Å². The fourth-order valence-corrected chi connectivity index (χ4v) is 11.4. The molecule has 0 bridgehead atoms. The van der Waals surface area contributed by atoms with Crippen molar-refractivity contribution >= 4 is 87.7 Å². The number of fused-ring (bicyclic) bond motifs is 8. The van der Waals surface area contributed by atoms with Gasteiger partial charge in [-0.05, 0) is 95.8 Å². The number of imide groups is 1. The van der Waals surface area contributed by atoms with Gasteiger partial charge in [0.05, 0.1) is 93.4 Å². The molecule has 5 amide bonds. The highest BCUT2D eigenvalue weighted by Gasteiger charge is 2.39. The largest absolute Gasteiger partial charge is 0.493 e. The van der Waals surface area contributed by atoms with Crippen molar-refractivity contribution in [2.45, 2.75) is 77.2 Å². The van der Waals surface area contributed by atoms with Gasteiger partial charge in [0.1, 0.15) is 19.0 Å². The number of aryl methyl sites for hydroxylation is 1. The van der Waals surface area contributed by atoms with Gasteiger partial charge >= 0.3 is 5.97 Å². The van der Waals surface area contributed by atoms with Gasteiger partial charge in [-0.1, -0.05) is 36.4 Å². The number of ether oxygens (including phenoxy) is 6. The molecule has 5 aliphatic rings. The van der Waals surface area contributed by atoms with E-state index in [9.17, 15) is 33.6 Å². The van der Waals surface area contributed by atoms with E-state index in [-0.39, 0.29) is 100.0 Å². The molecule has 0 saturated carbocycles. The molecule has 5 aromatic carbocycles. The average Bonchev–Trinajstić information content (AvgIpc) is 4.29. The van der Waals surface area contributed by atoms with Gasteiger partial charge in [0.15, 0.2) is 17.3 Å². The molecular weight excluding hydrogens is 1070 g/mol. The lowest BCUT2D eigenvalue weighted by atomic mass is 10.1. The zero-order chi connectivity index (χ0) is 57.3. The second kappa shape index (κ2) is 26.2. The molecule has 428 valence electrons. The van der Waals surface area contributed by atoms with E-state index in [0.29, 0.717) is 107 Å². The Labute approximate surface area is 478 Å². The van der Waals surface area contributed by atoms with Crippen LogP contribution in [0.25, 0.3) is 0 Å². The number of anilines is 4. The van der Waals surface area contributed by atoms with E-state index in [0.717, 1.165) is 34.5 Å². The first-order valence-corrected chi connectivity index (χ1v) is 28.5. The highest BCUT2D eigenvalue weighted by molar-refractivity contribution is 7.99. The highest BCUT2D eigenvalue weighted by atomic mass is 32.2. The predicted molar refractivity (Wildman–Crippen MR) is 307 cm³/mol. The Bertz CT molecular complexity index is 3300. The number of carbonyl (C=O) groups excluding carboxylic acids is 7. The van der Waals surface area contributed by atoms with Gasteiger partial charge in [0.2, 0.25) is 5.91 Å². The van der Waals surface area contributed by atoms with E-state index in [1.165, 1.54) is 23.8 Å². The van der Waals surface area contributed by atoms with Crippen LogP contribution >= 0.6 is 11.8 Å². The molecule has 5 aromatic rings. The SMILES string of the molecule is COCCOCCOCCC(=O)N(CC(=O)CCCSCC(=O)ON1C(=O)CCC1=O)c1cc(COc2cc3c(cc2C)C(=O)N2c4ccccc4C[C@H]2CN3)cc(COc2cc3c(cc2OC)C(=O)N2c4ccccc4C[C@H]2C=N3)c1. The van der Waals surface area contributed by atoms with Crippen LogP contribution in [-0.4, -0.2) is 136 Å². The summed E-state index contributed by atoms with van der Waals surface area (Å²) in [5, 5.41) is 4.01. The van der Waals surface area contributed by atoms with Gasteiger partial charge in [-0.25, -0.2) is 4.79 Å². The second-order valence-corrected chi connectivity index (χ2v) is 21.5. The summed E-state index contributed by atoms with van der Waals surface area (Å²) in [4.78, 5) is 108. The number of amides is 5. The molecule has 82 heavy (non-hydrogen) atoms. The number of rotatable bonds is 26. The molecule has 1 N–H and O–H groups in total. The van der Waals surface area contributed by atoms with E-state index >= 15 is 0 Å². The van der Waals surface area contributed by atoms with Crippen LogP contribution in [0.5, 0.6) is 17.2 Å². The van der Waals surface area contributed by atoms with Gasteiger partial charge in [-0.2, -0.15) is 11.8 Å². The Morgan fingerprint density at radius 2 is 1.39 bits per heavy atom. The summed E-state index contributed by atoms with van der Waals surface area (Å²) in [5.41, 5.74) is 8.27. The Balaban J connectivity index is 0.900. The maximum Gasteiger partial charge on any atom is 0.342 e. The lowest BCUT2D eigenvalue weighted by Gasteiger charge is -2.24. The van der Waals surface area contributed by atoms with Crippen molar-refractivity contribution < 1.29 is 66.8 Å². The molecule has 0 aliphatic carbocycles. The standard InChI is InChI=1S/C61H64N6O14S/c1-38-23-47-49(62-32-44-27-41-9-4-6-12-51(41)65(44)60(47)73)30-53(38)79-35-39-24-40(36-80-55-31-50-48(29-54(55)76-3)61(74)66-45(33-63-50)28-42-10-5-7-13-52(42)66)26-43(25-39)64(56(69)16-17-77-20-21-78-19-18-75-2)34-46(68)11-8-22-82-37-59(72)81-67-57(70)14-15-58(67)71/h4-7,9-10,12-13,23-26,29-31,33,44-45,62H,8,11,14-22,27-28,32,34-37H2,1-3H3/t44-,45-/m0/s1.